The molecule has 1 fully saturated rings. The smallest absolute Gasteiger partial charge is 0.0234 e. The van der Waals surface area contributed by atoms with Crippen LogP contribution in [0.1, 0.15) is 23.1 Å². The van der Waals surface area contributed by atoms with Crippen LogP contribution in [0.15, 0.2) is 18.2 Å². The highest BCUT2D eigenvalue weighted by Crippen LogP contribution is 2.12. The molecule has 1 heterocycles. The molecule has 0 amide bonds. The average molecular weight is 218 g/mol. The third-order valence-electron chi connectivity index (χ3n) is 3.12. The number of nitrogens with zero attached hydrogens (tertiary/aromatic N) is 1. The van der Waals surface area contributed by atoms with Crippen molar-refractivity contribution in [2.24, 2.45) is 0 Å². The molecule has 1 N–H and O–H groups in total. The van der Waals surface area contributed by atoms with Gasteiger partial charge in [-0.25, -0.2) is 0 Å². The van der Waals surface area contributed by atoms with Crippen molar-refractivity contribution in [1.29, 1.82) is 0 Å². The van der Waals surface area contributed by atoms with Crippen molar-refractivity contribution in [2.45, 2.75) is 26.8 Å². The van der Waals surface area contributed by atoms with E-state index >= 15 is 0 Å². The van der Waals surface area contributed by atoms with Gasteiger partial charge in [-0.1, -0.05) is 29.3 Å². The van der Waals surface area contributed by atoms with Gasteiger partial charge in [0.25, 0.3) is 0 Å². The number of benzene rings is 1. The minimum atomic E-state index is 1.10. The summed E-state index contributed by atoms with van der Waals surface area (Å²) >= 11 is 0. The third-order valence-corrected chi connectivity index (χ3v) is 3.12. The molecule has 0 atom stereocenters. The lowest BCUT2D eigenvalue weighted by atomic mass is 10.1. The van der Waals surface area contributed by atoms with Crippen molar-refractivity contribution in [3.8, 4) is 0 Å². The van der Waals surface area contributed by atoms with Crippen LogP contribution in [-0.2, 0) is 6.54 Å². The zero-order valence-corrected chi connectivity index (χ0v) is 10.4. The maximum atomic E-state index is 3.44. The van der Waals surface area contributed by atoms with E-state index in [0.29, 0.717) is 0 Å². The van der Waals surface area contributed by atoms with Crippen LogP contribution in [0.25, 0.3) is 0 Å². The first-order valence-electron chi connectivity index (χ1n) is 6.24. The molecule has 0 aromatic heterocycles. The number of nitrogens with one attached hydrogen (secondary N) is 1. The van der Waals surface area contributed by atoms with Gasteiger partial charge in [0, 0.05) is 19.6 Å². The zero-order valence-electron chi connectivity index (χ0n) is 10.4. The Kier molecular flexibility index (Phi) is 3.97. The lowest BCUT2D eigenvalue weighted by molar-refractivity contribution is 0.284. The van der Waals surface area contributed by atoms with Gasteiger partial charge in [-0.3, -0.25) is 4.90 Å². The SMILES string of the molecule is Cc1cc(C)cc(CN2CCCNCC2)c1. The Bertz CT molecular complexity index is 318. The lowest BCUT2D eigenvalue weighted by Crippen LogP contribution is -2.27. The summed E-state index contributed by atoms with van der Waals surface area (Å²) in [6.07, 6.45) is 1.27. The van der Waals surface area contributed by atoms with Crippen LogP contribution in [0.3, 0.4) is 0 Å². The summed E-state index contributed by atoms with van der Waals surface area (Å²) in [4.78, 5) is 2.55. The molecule has 1 aromatic rings. The molecule has 0 saturated carbocycles. The quantitative estimate of drug-likeness (QED) is 0.818. The molecule has 88 valence electrons. The monoisotopic (exact) mass is 218 g/mol. The molecule has 0 unspecified atom stereocenters. The second kappa shape index (κ2) is 5.46. The molecule has 1 saturated heterocycles. The first kappa shape index (κ1) is 11.6. The van der Waals surface area contributed by atoms with Crippen LogP contribution in [0.2, 0.25) is 0 Å². The molecule has 1 aliphatic heterocycles. The van der Waals surface area contributed by atoms with Crippen molar-refractivity contribution in [1.82, 2.24) is 10.2 Å². The molecular formula is C14H22N2. The summed E-state index contributed by atoms with van der Waals surface area (Å²) in [6.45, 7) is 10.2. The maximum absolute atomic E-state index is 3.44. The predicted octanol–water partition coefficient (Wildman–Crippen LogP) is 2.10. The standard InChI is InChI=1S/C14H22N2/c1-12-8-13(2)10-14(9-12)11-16-6-3-4-15-5-7-16/h8-10,15H,3-7,11H2,1-2H3. The Balaban J connectivity index is 2.01. The normalized spacial score (nSPS) is 18.4. The number of rotatable bonds is 2. The topological polar surface area (TPSA) is 15.3 Å². The van der Waals surface area contributed by atoms with Crippen molar-refractivity contribution in [3.63, 3.8) is 0 Å². The molecule has 1 aliphatic rings. The van der Waals surface area contributed by atoms with Crippen molar-refractivity contribution < 1.29 is 0 Å². The van der Waals surface area contributed by atoms with E-state index in [1.807, 2.05) is 0 Å². The van der Waals surface area contributed by atoms with Gasteiger partial charge in [0.1, 0.15) is 0 Å². The van der Waals surface area contributed by atoms with Gasteiger partial charge in [-0.15, -0.1) is 0 Å². The Labute approximate surface area is 98.7 Å². The minimum absolute atomic E-state index is 1.10. The number of hydrogen-bond acceptors (Lipinski definition) is 2. The summed E-state index contributed by atoms with van der Waals surface area (Å²) in [5, 5.41) is 3.44. The van der Waals surface area contributed by atoms with E-state index in [9.17, 15) is 0 Å². The van der Waals surface area contributed by atoms with Crippen molar-refractivity contribution in [3.05, 3.63) is 34.9 Å². The van der Waals surface area contributed by atoms with E-state index in [-0.39, 0.29) is 0 Å². The summed E-state index contributed by atoms with van der Waals surface area (Å²) in [5.74, 6) is 0. The summed E-state index contributed by atoms with van der Waals surface area (Å²) in [7, 11) is 0. The number of hydrogen-bond donors (Lipinski definition) is 1. The highest BCUT2D eigenvalue weighted by atomic mass is 15.1. The van der Waals surface area contributed by atoms with Crippen LogP contribution >= 0.6 is 0 Å². The van der Waals surface area contributed by atoms with Crippen molar-refractivity contribution >= 4 is 0 Å². The fourth-order valence-electron chi connectivity index (χ4n) is 2.48. The molecule has 0 bridgehead atoms. The molecule has 0 spiro atoms. The first-order valence-corrected chi connectivity index (χ1v) is 6.24. The molecule has 2 nitrogen and oxygen atoms in total. The van der Waals surface area contributed by atoms with Gasteiger partial charge in [0.15, 0.2) is 0 Å². The molecular weight excluding hydrogens is 196 g/mol. The second-order valence-corrected chi connectivity index (χ2v) is 4.88. The Morgan fingerprint density at radius 1 is 1.06 bits per heavy atom. The molecule has 0 aliphatic carbocycles. The van der Waals surface area contributed by atoms with Gasteiger partial charge in [0.05, 0.1) is 0 Å². The maximum Gasteiger partial charge on any atom is 0.0234 e. The van der Waals surface area contributed by atoms with Crippen LogP contribution in [0.5, 0.6) is 0 Å². The highest BCUT2D eigenvalue weighted by molar-refractivity contribution is 5.28. The summed E-state index contributed by atoms with van der Waals surface area (Å²) in [5.41, 5.74) is 4.21. The molecule has 2 heteroatoms. The van der Waals surface area contributed by atoms with Gasteiger partial charge < -0.3 is 5.32 Å². The predicted molar refractivity (Wildman–Crippen MR) is 68.7 cm³/mol. The number of aryl methyl sites for hydroxylation is 2. The molecule has 2 rings (SSSR count). The van der Waals surface area contributed by atoms with Crippen LogP contribution in [-0.4, -0.2) is 31.1 Å². The molecule has 16 heavy (non-hydrogen) atoms. The third kappa shape index (κ3) is 3.32. The first-order chi connectivity index (χ1) is 7.74. The fourth-order valence-corrected chi connectivity index (χ4v) is 2.48. The van der Waals surface area contributed by atoms with Gasteiger partial charge in [-0.2, -0.15) is 0 Å². The highest BCUT2D eigenvalue weighted by Gasteiger charge is 2.09. The lowest BCUT2D eigenvalue weighted by Gasteiger charge is -2.19. The largest absolute Gasteiger partial charge is 0.315 e. The Hall–Kier alpha value is -0.860. The van der Waals surface area contributed by atoms with E-state index in [1.165, 1.54) is 42.7 Å². The van der Waals surface area contributed by atoms with Crippen molar-refractivity contribution in [2.75, 3.05) is 26.2 Å². The van der Waals surface area contributed by atoms with Crippen LogP contribution in [0, 0.1) is 13.8 Å². The van der Waals surface area contributed by atoms with E-state index in [2.05, 4.69) is 42.3 Å². The average Bonchev–Trinajstić information content (AvgIpc) is 2.44. The van der Waals surface area contributed by atoms with E-state index < -0.39 is 0 Å². The van der Waals surface area contributed by atoms with E-state index in [1.54, 1.807) is 0 Å². The van der Waals surface area contributed by atoms with E-state index in [4.69, 9.17) is 0 Å². The van der Waals surface area contributed by atoms with Crippen LogP contribution in [0.4, 0.5) is 0 Å². The fraction of sp³-hybridized carbons (Fsp3) is 0.571. The molecule has 0 radical (unpaired) electrons. The molecule has 1 aromatic carbocycles. The van der Waals surface area contributed by atoms with Gasteiger partial charge in [-0.05, 0) is 38.9 Å². The minimum Gasteiger partial charge on any atom is -0.315 e. The summed E-state index contributed by atoms with van der Waals surface area (Å²) < 4.78 is 0. The second-order valence-electron chi connectivity index (χ2n) is 4.88. The Morgan fingerprint density at radius 3 is 2.56 bits per heavy atom. The van der Waals surface area contributed by atoms with Crippen LogP contribution < -0.4 is 5.32 Å². The Morgan fingerprint density at radius 2 is 1.81 bits per heavy atom. The van der Waals surface area contributed by atoms with Gasteiger partial charge >= 0.3 is 0 Å². The zero-order chi connectivity index (χ0) is 11.4. The summed E-state index contributed by atoms with van der Waals surface area (Å²) in [6, 6.07) is 6.87. The van der Waals surface area contributed by atoms with E-state index in [0.717, 1.165) is 13.1 Å². The van der Waals surface area contributed by atoms with Gasteiger partial charge in [0.2, 0.25) is 0 Å².